The molecule has 7 nitrogen and oxygen atoms in total. The van der Waals surface area contributed by atoms with Gasteiger partial charge in [0.25, 0.3) is 0 Å². The summed E-state index contributed by atoms with van der Waals surface area (Å²) >= 11 is 0. The maximum Gasteiger partial charge on any atom is 0.233 e. The minimum absolute atomic E-state index is 0.0427. The molecule has 0 aromatic heterocycles. The molecule has 1 fully saturated rings. The van der Waals surface area contributed by atoms with E-state index in [0.717, 1.165) is 37.3 Å². The quantitative estimate of drug-likeness (QED) is 0.395. The van der Waals surface area contributed by atoms with Crippen LogP contribution in [0.5, 0.6) is 0 Å². The lowest BCUT2D eigenvalue weighted by Gasteiger charge is -2.34. The topological polar surface area (TPSA) is 120 Å². The Morgan fingerprint density at radius 1 is 1.36 bits per heavy atom. The number of carbonyl (C=O) groups is 1. The largest absolute Gasteiger partial charge is 0.371 e. The van der Waals surface area contributed by atoms with Crippen molar-refractivity contribution in [3.05, 3.63) is 24.3 Å². The Morgan fingerprint density at radius 3 is 2.73 bits per heavy atom. The minimum Gasteiger partial charge on any atom is -0.371 e. The van der Waals surface area contributed by atoms with E-state index in [0.29, 0.717) is 12.5 Å². The molecule has 7 N–H and O–H groups in total. The molecule has 0 saturated carbocycles. The molecule has 1 aliphatic rings. The normalized spacial score (nSPS) is 17.9. The third-order valence-corrected chi connectivity index (χ3v) is 3.80. The average molecular weight is 304 g/mol. The minimum atomic E-state index is -0.100. The van der Waals surface area contributed by atoms with E-state index in [1.807, 2.05) is 24.3 Å². The van der Waals surface area contributed by atoms with E-state index in [4.69, 9.17) is 16.9 Å². The highest BCUT2D eigenvalue weighted by atomic mass is 16.1. The van der Waals surface area contributed by atoms with Crippen LogP contribution in [-0.4, -0.2) is 38.0 Å². The Bertz CT molecular complexity index is 515. The summed E-state index contributed by atoms with van der Waals surface area (Å²) < 4.78 is 0. The fourth-order valence-corrected chi connectivity index (χ4v) is 2.71. The van der Waals surface area contributed by atoms with Crippen LogP contribution in [0.2, 0.25) is 0 Å². The molecule has 0 radical (unpaired) electrons. The van der Waals surface area contributed by atoms with E-state index in [2.05, 4.69) is 15.5 Å². The summed E-state index contributed by atoms with van der Waals surface area (Å²) in [5.41, 5.74) is 12.6. The van der Waals surface area contributed by atoms with Gasteiger partial charge in [-0.25, -0.2) is 0 Å². The molecule has 1 saturated heterocycles. The predicted molar refractivity (Wildman–Crippen MR) is 89.0 cm³/mol. The van der Waals surface area contributed by atoms with Crippen molar-refractivity contribution in [2.45, 2.75) is 12.8 Å². The first-order valence-electron chi connectivity index (χ1n) is 7.51. The van der Waals surface area contributed by atoms with Gasteiger partial charge in [-0.3, -0.25) is 10.2 Å². The van der Waals surface area contributed by atoms with Crippen LogP contribution in [0.3, 0.4) is 0 Å². The van der Waals surface area contributed by atoms with Gasteiger partial charge in [-0.1, -0.05) is 0 Å². The number of piperidine rings is 1. The third-order valence-electron chi connectivity index (χ3n) is 3.80. The number of nitrogens with one attached hydrogen (secondary N) is 3. The van der Waals surface area contributed by atoms with Gasteiger partial charge in [-0.15, -0.1) is 0 Å². The van der Waals surface area contributed by atoms with Crippen molar-refractivity contribution in [1.29, 1.82) is 5.41 Å². The van der Waals surface area contributed by atoms with E-state index in [1.165, 1.54) is 0 Å². The molecular formula is C15H24N6O. The van der Waals surface area contributed by atoms with E-state index in [9.17, 15) is 4.79 Å². The van der Waals surface area contributed by atoms with E-state index in [-0.39, 0.29) is 18.4 Å². The smallest absolute Gasteiger partial charge is 0.233 e. The second kappa shape index (κ2) is 7.65. The fourth-order valence-electron chi connectivity index (χ4n) is 2.71. The zero-order chi connectivity index (χ0) is 15.9. The average Bonchev–Trinajstić information content (AvgIpc) is 2.53. The first-order valence-corrected chi connectivity index (χ1v) is 7.51. The van der Waals surface area contributed by atoms with Crippen LogP contribution >= 0.6 is 0 Å². The molecule has 1 heterocycles. The summed E-state index contributed by atoms with van der Waals surface area (Å²) in [4.78, 5) is 13.6. The Kier molecular flexibility index (Phi) is 5.60. The number of hydrogen-bond acceptors (Lipinski definition) is 4. The summed E-state index contributed by atoms with van der Waals surface area (Å²) in [6, 6.07) is 7.87. The standard InChI is InChI=1S/C15H24N6O/c16-8-14(22)19-9-11-2-1-7-21(10-11)13-5-3-12(4-6-13)20-15(17)18/h3-6,11H,1-2,7-10,16H2,(H,19,22)(H4,17,18,20). The van der Waals surface area contributed by atoms with Crippen molar-refractivity contribution < 1.29 is 4.79 Å². The maximum atomic E-state index is 11.2. The zero-order valence-electron chi connectivity index (χ0n) is 12.6. The van der Waals surface area contributed by atoms with Gasteiger partial charge in [0.1, 0.15) is 0 Å². The van der Waals surface area contributed by atoms with Gasteiger partial charge in [0.05, 0.1) is 6.54 Å². The molecule has 1 aromatic rings. The summed E-state index contributed by atoms with van der Waals surface area (Å²) in [5.74, 6) is 0.275. The third kappa shape index (κ3) is 4.63. The van der Waals surface area contributed by atoms with Gasteiger partial charge in [0.2, 0.25) is 5.91 Å². The molecule has 1 unspecified atom stereocenters. The van der Waals surface area contributed by atoms with Crippen molar-refractivity contribution in [2.75, 3.05) is 36.4 Å². The van der Waals surface area contributed by atoms with Crippen LogP contribution in [-0.2, 0) is 4.79 Å². The second-order valence-electron chi connectivity index (χ2n) is 5.55. The molecule has 0 bridgehead atoms. The Hall–Kier alpha value is -2.28. The van der Waals surface area contributed by atoms with Crippen LogP contribution in [0.4, 0.5) is 11.4 Å². The lowest BCUT2D eigenvalue weighted by Crippen LogP contribution is -2.42. The highest BCUT2D eigenvalue weighted by Gasteiger charge is 2.20. The van der Waals surface area contributed by atoms with E-state index < -0.39 is 0 Å². The van der Waals surface area contributed by atoms with Gasteiger partial charge in [0.15, 0.2) is 5.96 Å². The first kappa shape index (κ1) is 16.1. The van der Waals surface area contributed by atoms with Crippen molar-refractivity contribution in [1.82, 2.24) is 5.32 Å². The zero-order valence-corrected chi connectivity index (χ0v) is 12.6. The van der Waals surface area contributed by atoms with Gasteiger partial charge in [0, 0.05) is 31.0 Å². The molecule has 1 aliphatic heterocycles. The van der Waals surface area contributed by atoms with Crippen molar-refractivity contribution >= 4 is 23.2 Å². The number of rotatable bonds is 5. The van der Waals surface area contributed by atoms with Crippen molar-refractivity contribution in [3.8, 4) is 0 Å². The van der Waals surface area contributed by atoms with E-state index >= 15 is 0 Å². The summed E-state index contributed by atoms with van der Waals surface area (Å²) in [6.45, 7) is 2.66. The summed E-state index contributed by atoms with van der Waals surface area (Å²) in [6.07, 6.45) is 2.22. The summed E-state index contributed by atoms with van der Waals surface area (Å²) in [7, 11) is 0. The number of benzene rings is 1. The number of guanidine groups is 1. The molecule has 2 rings (SSSR count). The molecule has 0 spiro atoms. The Balaban J connectivity index is 1.91. The highest BCUT2D eigenvalue weighted by Crippen LogP contribution is 2.24. The Morgan fingerprint density at radius 2 is 2.09 bits per heavy atom. The molecule has 120 valence electrons. The lowest BCUT2D eigenvalue weighted by atomic mass is 9.97. The molecule has 1 aromatic carbocycles. The van der Waals surface area contributed by atoms with Gasteiger partial charge >= 0.3 is 0 Å². The van der Waals surface area contributed by atoms with Crippen LogP contribution < -0.4 is 27.0 Å². The number of hydrogen-bond donors (Lipinski definition) is 5. The highest BCUT2D eigenvalue weighted by molar-refractivity contribution is 5.89. The van der Waals surface area contributed by atoms with Gasteiger partial charge in [-0.2, -0.15) is 0 Å². The van der Waals surface area contributed by atoms with E-state index in [1.54, 1.807) is 0 Å². The predicted octanol–water partition coefficient (Wildman–Crippen LogP) is 0.283. The molecular weight excluding hydrogens is 280 g/mol. The second-order valence-corrected chi connectivity index (χ2v) is 5.55. The van der Waals surface area contributed by atoms with Crippen LogP contribution in [0.1, 0.15) is 12.8 Å². The first-order chi connectivity index (χ1) is 10.6. The number of anilines is 2. The molecule has 1 amide bonds. The monoisotopic (exact) mass is 304 g/mol. The van der Waals surface area contributed by atoms with Gasteiger partial charge < -0.3 is 27.0 Å². The maximum absolute atomic E-state index is 11.2. The molecule has 22 heavy (non-hydrogen) atoms. The van der Waals surface area contributed by atoms with Crippen molar-refractivity contribution in [2.24, 2.45) is 17.4 Å². The number of nitrogens with zero attached hydrogens (tertiary/aromatic N) is 1. The molecule has 1 atom stereocenters. The summed E-state index contributed by atoms with van der Waals surface area (Å²) in [5, 5.41) is 12.9. The fraction of sp³-hybridized carbons (Fsp3) is 0.467. The number of carbonyl (C=O) groups excluding carboxylic acids is 1. The molecule has 7 heteroatoms. The van der Waals surface area contributed by atoms with Crippen molar-refractivity contribution in [3.63, 3.8) is 0 Å². The lowest BCUT2D eigenvalue weighted by molar-refractivity contribution is -0.119. The number of nitrogens with two attached hydrogens (primary N) is 2. The molecule has 0 aliphatic carbocycles. The van der Waals surface area contributed by atoms with Gasteiger partial charge in [-0.05, 0) is 43.0 Å². The van der Waals surface area contributed by atoms with Crippen LogP contribution in [0, 0.1) is 11.3 Å². The van der Waals surface area contributed by atoms with Crippen LogP contribution in [0.15, 0.2) is 24.3 Å². The SMILES string of the molecule is N=C(N)Nc1ccc(N2CCCC(CNC(=O)CN)C2)cc1. The Labute approximate surface area is 130 Å². The van der Waals surface area contributed by atoms with Crippen LogP contribution in [0.25, 0.3) is 0 Å². The number of amides is 1.